The van der Waals surface area contributed by atoms with Crippen LogP contribution in [0.5, 0.6) is 0 Å². The van der Waals surface area contributed by atoms with Crippen LogP contribution in [0.25, 0.3) is 11.3 Å². The number of amides is 2. The summed E-state index contributed by atoms with van der Waals surface area (Å²) < 4.78 is 34.3. The highest BCUT2D eigenvalue weighted by molar-refractivity contribution is 5.96. The van der Waals surface area contributed by atoms with Crippen LogP contribution in [0, 0.1) is 12.8 Å². The van der Waals surface area contributed by atoms with Crippen LogP contribution in [0.15, 0.2) is 24.5 Å². The van der Waals surface area contributed by atoms with Gasteiger partial charge in [0.05, 0.1) is 11.9 Å². The molecule has 1 aliphatic rings. The third-order valence-corrected chi connectivity index (χ3v) is 5.60. The van der Waals surface area contributed by atoms with E-state index in [1.54, 1.807) is 43.9 Å². The van der Waals surface area contributed by atoms with E-state index in [0.717, 1.165) is 16.8 Å². The Morgan fingerprint density at radius 1 is 1.21 bits per heavy atom. The van der Waals surface area contributed by atoms with Gasteiger partial charge in [0.25, 0.3) is 0 Å². The zero-order chi connectivity index (χ0) is 24.4. The fourth-order valence-electron chi connectivity index (χ4n) is 4.00. The van der Waals surface area contributed by atoms with Crippen LogP contribution in [-0.4, -0.2) is 44.3 Å². The molecule has 1 atom stereocenters. The van der Waals surface area contributed by atoms with E-state index in [9.17, 15) is 18.4 Å². The molecule has 0 unspecified atom stereocenters. The van der Waals surface area contributed by atoms with Gasteiger partial charge in [-0.25, -0.2) is 18.6 Å². The summed E-state index contributed by atoms with van der Waals surface area (Å²) in [4.78, 5) is 29.7. The molecule has 0 spiro atoms. The van der Waals surface area contributed by atoms with Crippen molar-refractivity contribution in [3.8, 4) is 11.3 Å². The molecule has 33 heavy (non-hydrogen) atoms. The summed E-state index contributed by atoms with van der Waals surface area (Å²) in [7, 11) is 1.83. The van der Waals surface area contributed by atoms with Crippen LogP contribution in [0.4, 0.5) is 19.4 Å². The van der Waals surface area contributed by atoms with Crippen LogP contribution < -0.4 is 10.6 Å². The van der Waals surface area contributed by atoms with Gasteiger partial charge in [-0.05, 0) is 64.2 Å². The number of nitrogens with zero attached hydrogens (tertiary/aromatic N) is 3. The Balaban J connectivity index is 1.74. The van der Waals surface area contributed by atoms with Crippen molar-refractivity contribution < 1.29 is 23.1 Å². The molecule has 180 valence electrons. The molecule has 2 aromatic heterocycles. The summed E-state index contributed by atoms with van der Waals surface area (Å²) >= 11 is 0. The first-order valence-corrected chi connectivity index (χ1v) is 11.0. The zero-order valence-corrected chi connectivity index (χ0v) is 19.6. The molecular formula is C23H31F2N5O3. The first kappa shape index (κ1) is 24.6. The van der Waals surface area contributed by atoms with Gasteiger partial charge in [0.2, 0.25) is 11.8 Å². The van der Waals surface area contributed by atoms with Crippen molar-refractivity contribution in [3.63, 3.8) is 0 Å². The Morgan fingerprint density at radius 2 is 1.88 bits per heavy atom. The van der Waals surface area contributed by atoms with Gasteiger partial charge in [-0.3, -0.25) is 9.48 Å². The van der Waals surface area contributed by atoms with Gasteiger partial charge in [-0.2, -0.15) is 5.10 Å². The Bertz CT molecular complexity index is 969. The van der Waals surface area contributed by atoms with Gasteiger partial charge < -0.3 is 15.4 Å². The summed E-state index contributed by atoms with van der Waals surface area (Å²) in [5.74, 6) is -3.41. The maximum Gasteiger partial charge on any atom is 0.408 e. The second-order valence-corrected chi connectivity index (χ2v) is 9.54. The average Bonchev–Trinajstić information content (AvgIpc) is 3.04. The summed E-state index contributed by atoms with van der Waals surface area (Å²) in [6.07, 6.45) is 2.20. The third-order valence-electron chi connectivity index (χ3n) is 5.60. The first-order valence-electron chi connectivity index (χ1n) is 11.0. The summed E-state index contributed by atoms with van der Waals surface area (Å²) in [5, 5.41) is 9.50. The smallest absolute Gasteiger partial charge is 0.408 e. The van der Waals surface area contributed by atoms with Crippen molar-refractivity contribution in [1.82, 2.24) is 20.1 Å². The van der Waals surface area contributed by atoms with Crippen molar-refractivity contribution in [1.29, 1.82) is 0 Å². The quantitative estimate of drug-likeness (QED) is 0.683. The van der Waals surface area contributed by atoms with Gasteiger partial charge in [-0.15, -0.1) is 0 Å². The number of hydrogen-bond acceptors (Lipinski definition) is 5. The minimum atomic E-state index is -2.75. The maximum absolute atomic E-state index is 13.7. The molecule has 3 rings (SSSR count). The summed E-state index contributed by atoms with van der Waals surface area (Å²) in [6.45, 7) is 7.06. The first-order chi connectivity index (χ1) is 15.3. The lowest BCUT2D eigenvalue weighted by molar-refractivity contribution is -0.121. The second-order valence-electron chi connectivity index (χ2n) is 9.54. The molecule has 8 nitrogen and oxygen atoms in total. The van der Waals surface area contributed by atoms with E-state index in [4.69, 9.17) is 4.74 Å². The highest BCUT2D eigenvalue weighted by atomic mass is 19.3. The molecule has 0 aliphatic heterocycles. The van der Waals surface area contributed by atoms with Crippen molar-refractivity contribution in [2.75, 3.05) is 5.32 Å². The average molecular weight is 464 g/mol. The number of anilines is 1. The Morgan fingerprint density at radius 3 is 2.39 bits per heavy atom. The number of alkyl carbamates (subject to hydrolysis) is 1. The van der Waals surface area contributed by atoms with Crippen molar-refractivity contribution >= 4 is 17.8 Å². The molecule has 2 amide bonds. The number of carbonyl (C=O) groups is 2. The van der Waals surface area contributed by atoms with Gasteiger partial charge in [0, 0.05) is 31.6 Å². The van der Waals surface area contributed by atoms with Crippen LogP contribution in [0.1, 0.15) is 52.0 Å². The van der Waals surface area contributed by atoms with Gasteiger partial charge in [0.15, 0.2) is 0 Å². The van der Waals surface area contributed by atoms with E-state index in [0.29, 0.717) is 5.82 Å². The maximum atomic E-state index is 13.7. The highest BCUT2D eigenvalue weighted by Gasteiger charge is 2.40. The number of hydrogen-bond donors (Lipinski definition) is 2. The molecular weight excluding hydrogens is 432 g/mol. The van der Waals surface area contributed by atoms with E-state index >= 15 is 0 Å². The fraction of sp³-hybridized carbons (Fsp3) is 0.565. The van der Waals surface area contributed by atoms with Crippen LogP contribution in [0.2, 0.25) is 0 Å². The van der Waals surface area contributed by atoms with Crippen LogP contribution >= 0.6 is 0 Å². The summed E-state index contributed by atoms with van der Waals surface area (Å²) in [6, 6.07) is 2.44. The van der Waals surface area contributed by atoms with Crippen molar-refractivity contribution in [3.05, 3.63) is 30.1 Å². The number of nitrogens with one attached hydrogen (secondary N) is 2. The Labute approximate surface area is 192 Å². The SMILES string of the molecule is Cc1cnn(C)c1-c1ccc(NC(=O)[C@@H](NC(=O)OC(C)(C)C)C2CCC(F)(F)CC2)nc1. The van der Waals surface area contributed by atoms with E-state index < -0.39 is 35.5 Å². The van der Waals surface area contributed by atoms with E-state index in [-0.39, 0.29) is 25.7 Å². The van der Waals surface area contributed by atoms with Crippen molar-refractivity contribution in [2.45, 2.75) is 70.9 Å². The van der Waals surface area contributed by atoms with Crippen LogP contribution in [-0.2, 0) is 16.6 Å². The Hall–Kier alpha value is -3.04. The molecule has 1 aliphatic carbocycles. The highest BCUT2D eigenvalue weighted by Crippen LogP contribution is 2.37. The number of alkyl halides is 2. The number of pyridine rings is 1. The predicted octanol–water partition coefficient (Wildman–Crippen LogP) is 4.45. The number of ether oxygens (including phenoxy) is 1. The predicted molar refractivity (Wildman–Crippen MR) is 120 cm³/mol. The monoisotopic (exact) mass is 463 g/mol. The molecule has 10 heteroatoms. The summed E-state index contributed by atoms with van der Waals surface area (Å²) in [5.41, 5.74) is 1.98. The Kier molecular flexibility index (Phi) is 7.04. The minimum Gasteiger partial charge on any atom is -0.444 e. The largest absolute Gasteiger partial charge is 0.444 e. The lowest BCUT2D eigenvalue weighted by Gasteiger charge is -2.33. The molecule has 0 bridgehead atoms. The third kappa shape index (κ3) is 6.49. The number of carbonyl (C=O) groups excluding carboxylic acids is 2. The van der Waals surface area contributed by atoms with Gasteiger partial charge in [-0.1, -0.05) is 0 Å². The number of halogens is 2. The standard InChI is InChI=1S/C23H31F2N5O3/c1-14-12-27-30(5)19(14)16-6-7-17(26-13-16)28-20(31)18(29-21(32)33-22(2,3)4)15-8-10-23(24,25)11-9-15/h6-7,12-13,15,18H,8-11H2,1-5H3,(H,29,32)(H,26,28,31)/t18-/m0/s1. The molecule has 0 radical (unpaired) electrons. The molecule has 0 saturated heterocycles. The second kappa shape index (κ2) is 9.44. The number of aryl methyl sites for hydroxylation is 2. The van der Waals surface area contributed by atoms with Gasteiger partial charge in [0.1, 0.15) is 17.5 Å². The van der Waals surface area contributed by atoms with Crippen molar-refractivity contribution in [2.24, 2.45) is 13.0 Å². The molecule has 2 aromatic rings. The van der Waals surface area contributed by atoms with Gasteiger partial charge >= 0.3 is 6.09 Å². The number of aromatic nitrogens is 3. The van der Waals surface area contributed by atoms with Crippen LogP contribution in [0.3, 0.4) is 0 Å². The lowest BCUT2D eigenvalue weighted by Crippen LogP contribution is -2.51. The molecule has 2 heterocycles. The molecule has 0 aromatic carbocycles. The van der Waals surface area contributed by atoms with E-state index in [1.165, 1.54) is 0 Å². The van der Waals surface area contributed by atoms with E-state index in [1.807, 2.05) is 20.0 Å². The zero-order valence-electron chi connectivity index (χ0n) is 19.6. The topological polar surface area (TPSA) is 98.1 Å². The number of rotatable bonds is 5. The molecule has 1 fully saturated rings. The molecule has 2 N–H and O–H groups in total. The minimum absolute atomic E-state index is 0.118. The van der Waals surface area contributed by atoms with E-state index in [2.05, 4.69) is 20.7 Å². The lowest BCUT2D eigenvalue weighted by atomic mass is 9.81. The normalized spacial score (nSPS) is 17.3. The fourth-order valence-corrected chi connectivity index (χ4v) is 4.00. The molecule has 1 saturated carbocycles.